The Kier molecular flexibility index (Phi) is 6.22. The molecule has 0 spiro atoms. The summed E-state index contributed by atoms with van der Waals surface area (Å²) in [5.41, 5.74) is 7.02. The Hall–Kier alpha value is -2.69. The Morgan fingerprint density at radius 3 is 2.52 bits per heavy atom. The molecule has 2 aromatic heterocycles. The van der Waals surface area contributed by atoms with Crippen LogP contribution in [0.4, 0.5) is 0 Å². The summed E-state index contributed by atoms with van der Waals surface area (Å²) in [6.45, 7) is 7.19. The van der Waals surface area contributed by atoms with Gasteiger partial charge in [-0.25, -0.2) is 4.98 Å². The summed E-state index contributed by atoms with van der Waals surface area (Å²) in [6, 6.07) is 19.4. The SMILES string of the molecule is Cc1cnc2n1-c1sc(CCc3ccc(CC(C)C)cc3)cc1C(c1ccccc1Cl)=NC2. The number of hydrogen-bond acceptors (Lipinski definition) is 3. The number of aryl methyl sites for hydroxylation is 3. The van der Waals surface area contributed by atoms with E-state index in [0.29, 0.717) is 12.5 Å². The standard InChI is InChI=1S/C28H28ClN3S/c1-18(2)14-21-10-8-20(9-11-21)12-13-22-15-24-27(23-6-4-5-7-25(23)29)31-17-26-30-16-19(3)32(26)28(24)33-22/h4-11,15-16,18H,12-14,17H2,1-3H3. The zero-order valence-electron chi connectivity index (χ0n) is 19.3. The van der Waals surface area contributed by atoms with Gasteiger partial charge in [-0.05, 0) is 55.4 Å². The summed E-state index contributed by atoms with van der Waals surface area (Å²) in [5, 5.41) is 1.92. The maximum Gasteiger partial charge on any atom is 0.135 e. The lowest BCUT2D eigenvalue weighted by molar-refractivity contribution is 0.647. The summed E-state index contributed by atoms with van der Waals surface area (Å²) in [4.78, 5) is 11.0. The number of rotatable bonds is 6. The van der Waals surface area contributed by atoms with Crippen molar-refractivity contribution in [2.75, 3.05) is 0 Å². The van der Waals surface area contributed by atoms with Crippen LogP contribution in [0.3, 0.4) is 0 Å². The van der Waals surface area contributed by atoms with Crippen molar-refractivity contribution >= 4 is 28.6 Å². The maximum atomic E-state index is 6.59. The van der Waals surface area contributed by atoms with E-state index in [-0.39, 0.29) is 0 Å². The molecule has 0 saturated heterocycles. The van der Waals surface area contributed by atoms with Crippen molar-refractivity contribution in [3.8, 4) is 5.00 Å². The molecule has 4 aromatic rings. The van der Waals surface area contributed by atoms with Crippen molar-refractivity contribution in [3.63, 3.8) is 0 Å². The van der Waals surface area contributed by atoms with Crippen LogP contribution < -0.4 is 0 Å². The molecule has 0 amide bonds. The van der Waals surface area contributed by atoms with Crippen LogP contribution in [-0.2, 0) is 25.8 Å². The molecule has 5 heteroatoms. The van der Waals surface area contributed by atoms with E-state index in [4.69, 9.17) is 16.6 Å². The average Bonchev–Trinajstić information content (AvgIpc) is 3.33. The minimum Gasteiger partial charge on any atom is -0.290 e. The molecule has 0 atom stereocenters. The van der Waals surface area contributed by atoms with Gasteiger partial charge in [0.25, 0.3) is 0 Å². The molecule has 3 nitrogen and oxygen atoms in total. The highest BCUT2D eigenvalue weighted by atomic mass is 35.5. The fraction of sp³-hybridized carbons (Fsp3) is 0.286. The summed E-state index contributed by atoms with van der Waals surface area (Å²) in [5.74, 6) is 1.66. The molecule has 33 heavy (non-hydrogen) atoms. The molecule has 0 radical (unpaired) electrons. The Balaban J connectivity index is 1.47. The number of nitrogens with zero attached hydrogens (tertiary/aromatic N) is 3. The minimum atomic E-state index is 0.549. The number of aliphatic imine (C=N–C) groups is 1. The number of thiophene rings is 1. The number of imidazole rings is 1. The fourth-order valence-electron chi connectivity index (χ4n) is 4.47. The smallest absolute Gasteiger partial charge is 0.135 e. The summed E-state index contributed by atoms with van der Waals surface area (Å²) >= 11 is 8.43. The molecule has 0 N–H and O–H groups in total. The normalized spacial score (nSPS) is 12.9. The first-order valence-electron chi connectivity index (χ1n) is 11.5. The Morgan fingerprint density at radius 1 is 1.00 bits per heavy atom. The van der Waals surface area contributed by atoms with E-state index in [2.05, 4.69) is 66.7 Å². The van der Waals surface area contributed by atoms with Gasteiger partial charge < -0.3 is 0 Å². The fourth-order valence-corrected chi connectivity index (χ4v) is 5.93. The molecule has 168 valence electrons. The van der Waals surface area contributed by atoms with Crippen LogP contribution in [0, 0.1) is 12.8 Å². The molecule has 0 unspecified atom stereocenters. The van der Waals surface area contributed by atoms with Gasteiger partial charge in [0.1, 0.15) is 10.8 Å². The van der Waals surface area contributed by atoms with Crippen LogP contribution in [0.2, 0.25) is 5.02 Å². The Labute approximate surface area is 204 Å². The second kappa shape index (κ2) is 9.28. The predicted octanol–water partition coefficient (Wildman–Crippen LogP) is 7.23. The third kappa shape index (κ3) is 4.55. The molecule has 1 aliphatic rings. The molecule has 5 rings (SSSR count). The molecule has 0 fully saturated rings. The molecular formula is C28H28ClN3S. The van der Waals surface area contributed by atoms with Crippen molar-refractivity contribution in [2.24, 2.45) is 10.9 Å². The van der Waals surface area contributed by atoms with E-state index in [1.807, 2.05) is 35.7 Å². The molecule has 1 aliphatic heterocycles. The van der Waals surface area contributed by atoms with Gasteiger partial charge in [0, 0.05) is 32.9 Å². The van der Waals surface area contributed by atoms with Gasteiger partial charge in [0.2, 0.25) is 0 Å². The zero-order valence-corrected chi connectivity index (χ0v) is 20.9. The predicted molar refractivity (Wildman–Crippen MR) is 139 cm³/mol. The van der Waals surface area contributed by atoms with E-state index in [0.717, 1.165) is 52.6 Å². The molecule has 3 heterocycles. The first-order chi connectivity index (χ1) is 16.0. The van der Waals surface area contributed by atoms with Crippen LogP contribution in [-0.4, -0.2) is 15.3 Å². The number of aromatic nitrogens is 2. The van der Waals surface area contributed by atoms with Gasteiger partial charge in [-0.15, -0.1) is 11.3 Å². The second-order valence-corrected chi connectivity index (χ2v) is 10.7. The van der Waals surface area contributed by atoms with Crippen molar-refractivity contribution in [1.29, 1.82) is 0 Å². The van der Waals surface area contributed by atoms with Gasteiger partial charge in [-0.1, -0.05) is 67.9 Å². The molecule has 2 aromatic carbocycles. The largest absolute Gasteiger partial charge is 0.290 e. The highest BCUT2D eigenvalue weighted by Crippen LogP contribution is 2.35. The van der Waals surface area contributed by atoms with Crippen molar-refractivity contribution in [2.45, 2.75) is 46.6 Å². The minimum absolute atomic E-state index is 0.549. The third-order valence-corrected chi connectivity index (χ3v) is 7.58. The van der Waals surface area contributed by atoms with Crippen LogP contribution >= 0.6 is 22.9 Å². The third-order valence-electron chi connectivity index (χ3n) is 6.07. The number of benzene rings is 2. The van der Waals surface area contributed by atoms with Crippen molar-refractivity contribution in [3.05, 3.63) is 104 Å². The van der Waals surface area contributed by atoms with Crippen LogP contribution in [0.1, 0.15) is 52.5 Å². The zero-order chi connectivity index (χ0) is 22.9. The lowest BCUT2D eigenvalue weighted by Crippen LogP contribution is -2.05. The number of halogens is 1. The van der Waals surface area contributed by atoms with E-state index in [1.165, 1.54) is 21.0 Å². The van der Waals surface area contributed by atoms with E-state index in [1.54, 1.807) is 0 Å². The van der Waals surface area contributed by atoms with Gasteiger partial charge in [0.15, 0.2) is 0 Å². The monoisotopic (exact) mass is 473 g/mol. The van der Waals surface area contributed by atoms with Gasteiger partial charge in [-0.2, -0.15) is 0 Å². The lowest BCUT2D eigenvalue weighted by Gasteiger charge is -2.09. The highest BCUT2D eigenvalue weighted by Gasteiger charge is 2.24. The van der Waals surface area contributed by atoms with Crippen molar-refractivity contribution in [1.82, 2.24) is 9.55 Å². The summed E-state index contributed by atoms with van der Waals surface area (Å²) < 4.78 is 2.26. The summed E-state index contributed by atoms with van der Waals surface area (Å²) in [6.07, 6.45) is 5.09. The molecule has 0 saturated carbocycles. The molecular weight excluding hydrogens is 446 g/mol. The first-order valence-corrected chi connectivity index (χ1v) is 12.7. The summed E-state index contributed by atoms with van der Waals surface area (Å²) in [7, 11) is 0. The molecule has 0 bridgehead atoms. The van der Waals surface area contributed by atoms with Gasteiger partial charge in [0.05, 0.1) is 12.3 Å². The average molecular weight is 474 g/mol. The Morgan fingerprint density at radius 2 is 1.76 bits per heavy atom. The van der Waals surface area contributed by atoms with Gasteiger partial charge in [-0.3, -0.25) is 9.56 Å². The topological polar surface area (TPSA) is 30.2 Å². The maximum absolute atomic E-state index is 6.59. The second-order valence-electron chi connectivity index (χ2n) is 9.14. The number of fused-ring (bicyclic) bond motifs is 3. The van der Waals surface area contributed by atoms with Crippen LogP contribution in [0.5, 0.6) is 0 Å². The van der Waals surface area contributed by atoms with E-state index >= 15 is 0 Å². The first kappa shape index (κ1) is 22.1. The van der Waals surface area contributed by atoms with E-state index in [9.17, 15) is 0 Å². The number of hydrogen-bond donors (Lipinski definition) is 0. The van der Waals surface area contributed by atoms with E-state index < -0.39 is 0 Å². The Bertz CT molecular complexity index is 1310. The molecule has 0 aliphatic carbocycles. The highest BCUT2D eigenvalue weighted by molar-refractivity contribution is 7.15. The van der Waals surface area contributed by atoms with Gasteiger partial charge >= 0.3 is 0 Å². The quantitative estimate of drug-likeness (QED) is 0.290. The van der Waals surface area contributed by atoms with Crippen molar-refractivity contribution < 1.29 is 0 Å². The van der Waals surface area contributed by atoms with Crippen LogP contribution in [0.15, 0.2) is 65.8 Å². The lowest BCUT2D eigenvalue weighted by atomic mass is 10.00. The van der Waals surface area contributed by atoms with Crippen LogP contribution in [0.25, 0.3) is 5.00 Å².